The summed E-state index contributed by atoms with van der Waals surface area (Å²) in [6.07, 6.45) is 0. The number of hydrogen-bond acceptors (Lipinski definition) is 4. The zero-order valence-electron chi connectivity index (χ0n) is 10.2. The Morgan fingerprint density at radius 3 is 3.12 bits per heavy atom. The quantitative estimate of drug-likeness (QED) is 0.869. The highest BCUT2D eigenvalue weighted by Gasteiger charge is 2.34. The fraction of sp³-hybridized carbons (Fsp3) is 0.583. The van der Waals surface area contributed by atoms with Gasteiger partial charge in [-0.2, -0.15) is 0 Å². The molecular weight excluding hydrogens is 236 g/mol. The van der Waals surface area contributed by atoms with E-state index in [9.17, 15) is 4.79 Å². The molecule has 1 N–H and O–H groups in total. The van der Waals surface area contributed by atoms with E-state index in [1.165, 1.54) is 4.88 Å². The van der Waals surface area contributed by atoms with Gasteiger partial charge in [-0.15, -0.1) is 11.3 Å². The molecule has 0 radical (unpaired) electrons. The molecule has 94 valence electrons. The number of rotatable bonds is 4. The molecule has 4 nitrogen and oxygen atoms in total. The average Bonchev–Trinajstić information content (AvgIpc) is 2.97. The van der Waals surface area contributed by atoms with Crippen molar-refractivity contribution in [3.05, 3.63) is 22.4 Å². The number of thiophene rings is 1. The second-order valence-electron chi connectivity index (χ2n) is 4.31. The Kier molecular flexibility index (Phi) is 4.15. The molecular formula is C12H18N2O2S. The fourth-order valence-corrected chi connectivity index (χ4v) is 2.84. The van der Waals surface area contributed by atoms with Crippen LogP contribution in [0.1, 0.15) is 4.88 Å². The van der Waals surface area contributed by atoms with Crippen LogP contribution in [0.25, 0.3) is 0 Å². The first-order chi connectivity index (χ1) is 8.22. The molecule has 0 spiro atoms. The van der Waals surface area contributed by atoms with Gasteiger partial charge in [0.25, 0.3) is 0 Å². The topological polar surface area (TPSA) is 41.6 Å². The number of amides is 1. The molecule has 2 rings (SSSR count). The number of ether oxygens (including phenoxy) is 1. The van der Waals surface area contributed by atoms with Crippen LogP contribution in [-0.2, 0) is 16.1 Å². The van der Waals surface area contributed by atoms with Gasteiger partial charge in [0.05, 0.1) is 25.7 Å². The second-order valence-corrected chi connectivity index (χ2v) is 5.35. The van der Waals surface area contributed by atoms with Gasteiger partial charge < -0.3 is 15.0 Å². The molecule has 5 heteroatoms. The van der Waals surface area contributed by atoms with E-state index < -0.39 is 0 Å². The predicted molar refractivity (Wildman–Crippen MR) is 67.9 cm³/mol. The predicted octanol–water partition coefficient (Wildman–Crippen LogP) is 0.941. The monoisotopic (exact) mass is 254 g/mol. The van der Waals surface area contributed by atoms with Gasteiger partial charge >= 0.3 is 0 Å². The molecule has 0 saturated carbocycles. The van der Waals surface area contributed by atoms with Gasteiger partial charge in [-0.05, 0) is 18.5 Å². The van der Waals surface area contributed by atoms with E-state index in [4.69, 9.17) is 4.74 Å². The van der Waals surface area contributed by atoms with Crippen LogP contribution in [0.15, 0.2) is 17.5 Å². The molecule has 1 aromatic heterocycles. The number of nitrogens with one attached hydrogen (secondary N) is 1. The van der Waals surface area contributed by atoms with Gasteiger partial charge in [0, 0.05) is 18.0 Å². The Labute approximate surface area is 106 Å². The maximum absolute atomic E-state index is 12.3. The number of nitrogens with zero attached hydrogens (tertiary/aromatic N) is 1. The first-order valence-corrected chi connectivity index (χ1v) is 6.62. The average molecular weight is 254 g/mol. The molecule has 1 aliphatic rings. The van der Waals surface area contributed by atoms with Crippen molar-refractivity contribution < 1.29 is 9.53 Å². The Morgan fingerprint density at radius 2 is 2.47 bits per heavy atom. The molecule has 1 amide bonds. The highest BCUT2D eigenvalue weighted by molar-refractivity contribution is 7.09. The standard InChI is InChI=1S/C12H18N2O2S/c1-13-11-8-16-7-10(11)12(15)14(2)6-9-4-3-5-17-9/h3-5,10-11,13H,6-8H2,1-2H3. The minimum absolute atomic E-state index is 0.0510. The highest BCUT2D eigenvalue weighted by Crippen LogP contribution is 2.18. The minimum Gasteiger partial charge on any atom is -0.379 e. The molecule has 1 aromatic rings. The van der Waals surface area contributed by atoms with E-state index in [1.807, 2.05) is 25.5 Å². The molecule has 0 aliphatic carbocycles. The largest absolute Gasteiger partial charge is 0.379 e. The van der Waals surface area contributed by atoms with Crippen LogP contribution >= 0.6 is 11.3 Å². The third kappa shape index (κ3) is 2.86. The number of hydrogen-bond donors (Lipinski definition) is 1. The molecule has 1 aliphatic heterocycles. The van der Waals surface area contributed by atoms with E-state index >= 15 is 0 Å². The van der Waals surface area contributed by atoms with E-state index in [0.717, 1.165) is 0 Å². The maximum Gasteiger partial charge on any atom is 0.229 e. The van der Waals surface area contributed by atoms with Crippen LogP contribution in [0.2, 0.25) is 0 Å². The van der Waals surface area contributed by atoms with Crippen LogP contribution in [0.4, 0.5) is 0 Å². The molecule has 0 bridgehead atoms. The van der Waals surface area contributed by atoms with Gasteiger partial charge in [-0.25, -0.2) is 0 Å². The van der Waals surface area contributed by atoms with Gasteiger partial charge in [0.15, 0.2) is 0 Å². The zero-order chi connectivity index (χ0) is 12.3. The Balaban J connectivity index is 1.94. The lowest BCUT2D eigenvalue weighted by Gasteiger charge is -2.23. The summed E-state index contributed by atoms with van der Waals surface area (Å²) in [5.74, 6) is 0.111. The summed E-state index contributed by atoms with van der Waals surface area (Å²) in [5.41, 5.74) is 0. The van der Waals surface area contributed by atoms with Crippen molar-refractivity contribution in [2.75, 3.05) is 27.3 Å². The van der Waals surface area contributed by atoms with Gasteiger partial charge in [0.2, 0.25) is 5.91 Å². The summed E-state index contributed by atoms with van der Waals surface area (Å²) in [7, 11) is 3.73. The van der Waals surface area contributed by atoms with Crippen molar-refractivity contribution in [1.82, 2.24) is 10.2 Å². The summed E-state index contributed by atoms with van der Waals surface area (Å²) in [6, 6.07) is 4.20. The lowest BCUT2D eigenvalue weighted by molar-refractivity contribution is -0.135. The van der Waals surface area contributed by atoms with E-state index in [1.54, 1.807) is 16.2 Å². The van der Waals surface area contributed by atoms with Gasteiger partial charge in [0.1, 0.15) is 0 Å². The van der Waals surface area contributed by atoms with E-state index in [0.29, 0.717) is 19.8 Å². The highest BCUT2D eigenvalue weighted by atomic mass is 32.1. The Morgan fingerprint density at radius 1 is 1.65 bits per heavy atom. The van der Waals surface area contributed by atoms with Crippen molar-refractivity contribution in [2.24, 2.45) is 5.92 Å². The van der Waals surface area contributed by atoms with Crippen LogP contribution in [-0.4, -0.2) is 44.2 Å². The Hall–Kier alpha value is -0.910. The van der Waals surface area contributed by atoms with Crippen molar-refractivity contribution in [3.8, 4) is 0 Å². The first kappa shape index (κ1) is 12.5. The van der Waals surface area contributed by atoms with Gasteiger partial charge in [-0.3, -0.25) is 4.79 Å². The summed E-state index contributed by atoms with van der Waals surface area (Å²) in [5, 5.41) is 5.17. The van der Waals surface area contributed by atoms with Crippen molar-refractivity contribution in [1.29, 1.82) is 0 Å². The number of carbonyl (C=O) groups is 1. The molecule has 1 fully saturated rings. The van der Waals surface area contributed by atoms with Crippen molar-refractivity contribution in [3.63, 3.8) is 0 Å². The SMILES string of the molecule is CNC1COCC1C(=O)N(C)Cc1cccs1. The summed E-state index contributed by atoms with van der Waals surface area (Å²) >= 11 is 1.68. The lowest BCUT2D eigenvalue weighted by Crippen LogP contribution is -2.43. The van der Waals surface area contributed by atoms with Crippen LogP contribution in [0.3, 0.4) is 0 Å². The number of carbonyl (C=O) groups excluding carboxylic acids is 1. The molecule has 2 heterocycles. The normalized spacial score (nSPS) is 23.9. The van der Waals surface area contributed by atoms with E-state index in [2.05, 4.69) is 11.4 Å². The molecule has 0 aromatic carbocycles. The van der Waals surface area contributed by atoms with Crippen LogP contribution in [0.5, 0.6) is 0 Å². The molecule has 1 saturated heterocycles. The fourth-order valence-electron chi connectivity index (χ4n) is 2.08. The third-order valence-corrected chi connectivity index (χ3v) is 3.98. The second kappa shape index (κ2) is 5.62. The third-order valence-electron chi connectivity index (χ3n) is 3.12. The molecule has 2 atom stereocenters. The smallest absolute Gasteiger partial charge is 0.229 e. The minimum atomic E-state index is -0.0510. The Bertz CT molecular complexity index is 367. The van der Waals surface area contributed by atoms with Crippen LogP contribution in [0, 0.1) is 5.92 Å². The van der Waals surface area contributed by atoms with Gasteiger partial charge in [-0.1, -0.05) is 6.07 Å². The lowest BCUT2D eigenvalue weighted by atomic mass is 10.0. The molecule has 2 unspecified atom stereocenters. The maximum atomic E-state index is 12.3. The number of likely N-dealkylation sites (N-methyl/N-ethyl adjacent to an activating group) is 1. The summed E-state index contributed by atoms with van der Waals surface area (Å²) in [4.78, 5) is 15.2. The summed E-state index contributed by atoms with van der Waals surface area (Å²) in [6.45, 7) is 1.84. The van der Waals surface area contributed by atoms with Crippen LogP contribution < -0.4 is 5.32 Å². The van der Waals surface area contributed by atoms with Crippen molar-refractivity contribution >= 4 is 17.2 Å². The molecule has 17 heavy (non-hydrogen) atoms. The first-order valence-electron chi connectivity index (χ1n) is 5.74. The van der Waals surface area contributed by atoms with E-state index in [-0.39, 0.29) is 17.9 Å². The van der Waals surface area contributed by atoms with Crippen molar-refractivity contribution in [2.45, 2.75) is 12.6 Å². The zero-order valence-corrected chi connectivity index (χ0v) is 11.0. The summed E-state index contributed by atoms with van der Waals surface area (Å²) < 4.78 is 5.36.